The smallest absolute Gasteiger partial charge is 0.106 e. The lowest BCUT2D eigenvalue weighted by atomic mass is 10.0. The molecule has 2 rings (SSSR count). The van der Waals surface area contributed by atoms with Crippen LogP contribution in [0.3, 0.4) is 0 Å². The highest BCUT2D eigenvalue weighted by Gasteiger charge is 2.34. The van der Waals surface area contributed by atoms with Crippen LogP contribution < -0.4 is 5.32 Å². The summed E-state index contributed by atoms with van der Waals surface area (Å²) in [4.78, 5) is 0. The van der Waals surface area contributed by atoms with Crippen LogP contribution in [0.25, 0.3) is 0 Å². The highest BCUT2D eigenvalue weighted by atomic mass is 16.5. The van der Waals surface area contributed by atoms with Crippen molar-refractivity contribution in [3.63, 3.8) is 0 Å². The Bertz CT molecular complexity index is 307. The van der Waals surface area contributed by atoms with Gasteiger partial charge in [-0.2, -0.15) is 0 Å². The largest absolute Gasteiger partial charge is 0.378 e. The zero-order valence-corrected chi connectivity index (χ0v) is 9.74. The molecule has 1 aromatic carbocycles. The monoisotopic (exact) mass is 221 g/mol. The summed E-state index contributed by atoms with van der Waals surface area (Å²) in [6.07, 6.45) is 0.977. The summed E-state index contributed by atoms with van der Waals surface area (Å²) in [6, 6.07) is 10.4. The highest BCUT2D eigenvalue weighted by Crippen LogP contribution is 2.21. The molecule has 1 aliphatic rings. The van der Waals surface area contributed by atoms with Crippen molar-refractivity contribution in [3.8, 4) is 0 Å². The second-order valence-corrected chi connectivity index (χ2v) is 4.28. The first-order chi connectivity index (χ1) is 7.85. The Hall–Kier alpha value is -0.900. The Morgan fingerprint density at radius 3 is 2.81 bits per heavy atom. The molecular formula is C13H19NO2. The van der Waals surface area contributed by atoms with Crippen molar-refractivity contribution in [2.24, 2.45) is 0 Å². The van der Waals surface area contributed by atoms with Crippen LogP contribution in [0.5, 0.6) is 0 Å². The Morgan fingerprint density at radius 2 is 2.19 bits per heavy atom. The van der Waals surface area contributed by atoms with Gasteiger partial charge in [0.2, 0.25) is 0 Å². The van der Waals surface area contributed by atoms with E-state index in [0.717, 1.165) is 26.1 Å². The minimum atomic E-state index is -0.116. The van der Waals surface area contributed by atoms with Crippen LogP contribution in [0, 0.1) is 0 Å². The predicted molar refractivity (Wildman–Crippen MR) is 63.3 cm³/mol. The third-order valence-electron chi connectivity index (χ3n) is 3.12. The Kier molecular flexibility index (Phi) is 3.93. The Morgan fingerprint density at radius 1 is 1.38 bits per heavy atom. The van der Waals surface area contributed by atoms with E-state index >= 15 is 0 Å². The average Bonchev–Trinajstić information content (AvgIpc) is 2.80. The molecule has 3 heteroatoms. The minimum Gasteiger partial charge on any atom is -0.378 e. The fraction of sp³-hybridized carbons (Fsp3) is 0.538. The van der Waals surface area contributed by atoms with Crippen LogP contribution in [-0.2, 0) is 16.0 Å². The van der Waals surface area contributed by atoms with Crippen molar-refractivity contribution in [1.82, 2.24) is 5.32 Å². The highest BCUT2D eigenvalue weighted by molar-refractivity contribution is 5.14. The molecule has 1 N–H and O–H groups in total. The van der Waals surface area contributed by atoms with Gasteiger partial charge in [-0.25, -0.2) is 0 Å². The Labute approximate surface area is 96.8 Å². The number of nitrogens with one attached hydrogen (secondary N) is 1. The number of methoxy groups -OCH3 is 1. The quantitative estimate of drug-likeness (QED) is 0.819. The number of hydrogen-bond donors (Lipinski definition) is 1. The van der Waals surface area contributed by atoms with Crippen LogP contribution in [0.15, 0.2) is 30.3 Å². The van der Waals surface area contributed by atoms with Gasteiger partial charge in [-0.3, -0.25) is 0 Å². The van der Waals surface area contributed by atoms with E-state index in [-0.39, 0.29) is 5.60 Å². The lowest BCUT2D eigenvalue weighted by Crippen LogP contribution is -2.42. The van der Waals surface area contributed by atoms with Crippen molar-refractivity contribution < 1.29 is 9.47 Å². The maximum Gasteiger partial charge on any atom is 0.106 e. The predicted octanol–water partition coefficient (Wildman–Crippen LogP) is 1.58. The number of benzene rings is 1. The molecular weight excluding hydrogens is 202 g/mol. The van der Waals surface area contributed by atoms with Gasteiger partial charge in [-0.15, -0.1) is 0 Å². The topological polar surface area (TPSA) is 30.5 Å². The molecule has 0 aliphatic carbocycles. The second-order valence-electron chi connectivity index (χ2n) is 4.28. The molecule has 0 amide bonds. The molecule has 3 nitrogen and oxygen atoms in total. The first kappa shape index (κ1) is 11.6. The average molecular weight is 221 g/mol. The van der Waals surface area contributed by atoms with Crippen LogP contribution >= 0.6 is 0 Å². The Balaban J connectivity index is 1.79. The summed E-state index contributed by atoms with van der Waals surface area (Å²) in [5, 5.41) is 3.43. The number of hydrogen-bond acceptors (Lipinski definition) is 3. The first-order valence-corrected chi connectivity index (χ1v) is 5.72. The lowest BCUT2D eigenvalue weighted by Gasteiger charge is -2.26. The maximum absolute atomic E-state index is 5.55. The van der Waals surface area contributed by atoms with Gasteiger partial charge in [0, 0.05) is 33.2 Å². The third-order valence-corrected chi connectivity index (χ3v) is 3.12. The van der Waals surface area contributed by atoms with Gasteiger partial charge in [0.15, 0.2) is 0 Å². The van der Waals surface area contributed by atoms with Gasteiger partial charge < -0.3 is 14.8 Å². The van der Waals surface area contributed by atoms with Crippen molar-refractivity contribution in [1.29, 1.82) is 0 Å². The van der Waals surface area contributed by atoms with E-state index in [1.165, 1.54) is 5.56 Å². The fourth-order valence-electron chi connectivity index (χ4n) is 1.99. The van der Waals surface area contributed by atoms with Crippen molar-refractivity contribution >= 4 is 0 Å². The van der Waals surface area contributed by atoms with Gasteiger partial charge in [0.25, 0.3) is 0 Å². The third kappa shape index (κ3) is 2.82. The molecule has 1 heterocycles. The van der Waals surface area contributed by atoms with E-state index in [9.17, 15) is 0 Å². The molecule has 1 saturated heterocycles. The van der Waals surface area contributed by atoms with Gasteiger partial charge in [0.1, 0.15) is 5.60 Å². The van der Waals surface area contributed by atoms with Gasteiger partial charge >= 0.3 is 0 Å². The summed E-state index contributed by atoms with van der Waals surface area (Å²) in [5.41, 5.74) is 1.18. The first-order valence-electron chi connectivity index (χ1n) is 5.72. The molecule has 88 valence electrons. The van der Waals surface area contributed by atoms with Crippen molar-refractivity contribution in [2.75, 3.05) is 26.9 Å². The molecule has 1 aromatic rings. The molecule has 1 atom stereocenters. The number of ether oxygens (including phenoxy) is 2. The number of rotatable bonds is 5. The SMILES string of the molecule is COC1(CNCc2ccccc2)CCOC1. The molecule has 0 bridgehead atoms. The normalized spacial score (nSPS) is 24.8. The van der Waals surface area contributed by atoms with Crippen LogP contribution in [0.1, 0.15) is 12.0 Å². The summed E-state index contributed by atoms with van der Waals surface area (Å²) < 4.78 is 10.9. The summed E-state index contributed by atoms with van der Waals surface area (Å²) >= 11 is 0. The van der Waals surface area contributed by atoms with Crippen LogP contribution in [0.4, 0.5) is 0 Å². The second kappa shape index (κ2) is 5.43. The van der Waals surface area contributed by atoms with E-state index in [1.807, 2.05) is 6.07 Å². The van der Waals surface area contributed by atoms with Gasteiger partial charge in [-0.05, 0) is 5.56 Å². The standard InChI is InChI=1S/C13H19NO2/c1-15-13(7-8-16-11-13)10-14-9-12-5-3-2-4-6-12/h2-6,14H,7-11H2,1H3. The van der Waals surface area contributed by atoms with E-state index in [0.29, 0.717) is 6.61 Å². The summed E-state index contributed by atoms with van der Waals surface area (Å²) in [7, 11) is 1.76. The molecule has 0 radical (unpaired) electrons. The van der Waals surface area contributed by atoms with Crippen molar-refractivity contribution in [2.45, 2.75) is 18.6 Å². The molecule has 16 heavy (non-hydrogen) atoms. The zero-order valence-electron chi connectivity index (χ0n) is 9.74. The van der Waals surface area contributed by atoms with Crippen LogP contribution in [-0.4, -0.2) is 32.5 Å². The summed E-state index contributed by atoms with van der Waals surface area (Å²) in [5.74, 6) is 0. The zero-order chi connectivity index (χ0) is 11.3. The van der Waals surface area contributed by atoms with E-state index in [4.69, 9.17) is 9.47 Å². The van der Waals surface area contributed by atoms with E-state index in [2.05, 4.69) is 29.6 Å². The lowest BCUT2D eigenvalue weighted by molar-refractivity contribution is -0.0159. The molecule has 0 spiro atoms. The molecule has 1 unspecified atom stereocenters. The minimum absolute atomic E-state index is 0.116. The van der Waals surface area contributed by atoms with Crippen molar-refractivity contribution in [3.05, 3.63) is 35.9 Å². The van der Waals surface area contributed by atoms with E-state index in [1.54, 1.807) is 7.11 Å². The van der Waals surface area contributed by atoms with E-state index < -0.39 is 0 Å². The molecule has 0 saturated carbocycles. The molecule has 1 aliphatic heterocycles. The maximum atomic E-state index is 5.55. The molecule has 0 aromatic heterocycles. The summed E-state index contributed by atoms with van der Waals surface area (Å²) in [6.45, 7) is 3.23. The van der Waals surface area contributed by atoms with Gasteiger partial charge in [-0.1, -0.05) is 30.3 Å². The molecule has 1 fully saturated rings. The van der Waals surface area contributed by atoms with Gasteiger partial charge in [0.05, 0.1) is 6.61 Å². The van der Waals surface area contributed by atoms with Crippen LogP contribution in [0.2, 0.25) is 0 Å². The fourth-order valence-corrected chi connectivity index (χ4v) is 1.99.